The van der Waals surface area contributed by atoms with E-state index in [1.807, 2.05) is 90.5 Å². The van der Waals surface area contributed by atoms with E-state index in [0.29, 0.717) is 10.7 Å². The first kappa shape index (κ1) is 21.0. The van der Waals surface area contributed by atoms with Crippen molar-refractivity contribution in [2.45, 2.75) is 5.16 Å². The molecule has 5 aromatic rings. The molecule has 0 atom stereocenters. The second kappa shape index (κ2) is 8.96. The van der Waals surface area contributed by atoms with Gasteiger partial charge < -0.3 is 14.3 Å². The number of benzene rings is 3. The van der Waals surface area contributed by atoms with E-state index in [2.05, 4.69) is 15.2 Å². The van der Waals surface area contributed by atoms with Gasteiger partial charge in [0.05, 0.1) is 24.1 Å². The SMILES string of the molecule is COc1ccc(-c2nnc(SCC(=O)c3c(-c4ccccc4)[nH]c4ccccc34)n2C)cc1. The van der Waals surface area contributed by atoms with Crippen LogP contribution >= 0.6 is 11.8 Å². The lowest BCUT2D eigenvalue weighted by atomic mass is 10.0. The van der Waals surface area contributed by atoms with Crippen molar-refractivity contribution in [3.05, 3.63) is 84.4 Å². The number of ketones is 1. The predicted molar refractivity (Wildman–Crippen MR) is 132 cm³/mol. The smallest absolute Gasteiger partial charge is 0.191 e. The lowest BCUT2D eigenvalue weighted by Gasteiger charge is -2.06. The summed E-state index contributed by atoms with van der Waals surface area (Å²) in [5.41, 5.74) is 4.43. The Kier molecular flexibility index (Phi) is 5.71. The van der Waals surface area contributed by atoms with E-state index in [1.165, 1.54) is 11.8 Å². The fourth-order valence-electron chi connectivity index (χ4n) is 3.89. The summed E-state index contributed by atoms with van der Waals surface area (Å²) in [7, 11) is 3.55. The maximum Gasteiger partial charge on any atom is 0.191 e. The molecular weight excluding hydrogens is 432 g/mol. The number of fused-ring (bicyclic) bond motifs is 1. The van der Waals surface area contributed by atoms with Gasteiger partial charge in [-0.3, -0.25) is 4.79 Å². The molecule has 33 heavy (non-hydrogen) atoms. The van der Waals surface area contributed by atoms with Crippen LogP contribution in [-0.2, 0) is 7.05 Å². The second-order valence-electron chi connectivity index (χ2n) is 7.59. The van der Waals surface area contributed by atoms with Crippen molar-refractivity contribution in [2.75, 3.05) is 12.9 Å². The van der Waals surface area contributed by atoms with E-state index in [9.17, 15) is 4.79 Å². The number of methoxy groups -OCH3 is 1. The number of Topliss-reactive ketones (excluding diaryl/α,β-unsaturated/α-hetero) is 1. The first-order chi connectivity index (χ1) is 16.2. The van der Waals surface area contributed by atoms with Crippen LogP contribution in [0.25, 0.3) is 33.5 Å². The van der Waals surface area contributed by atoms with Crippen LogP contribution in [0.15, 0.2) is 84.0 Å². The minimum atomic E-state index is 0.0466. The van der Waals surface area contributed by atoms with E-state index in [-0.39, 0.29) is 11.5 Å². The third-order valence-corrected chi connectivity index (χ3v) is 6.58. The number of aromatic nitrogens is 4. The maximum absolute atomic E-state index is 13.4. The number of nitrogens with one attached hydrogen (secondary N) is 1. The number of rotatable bonds is 7. The topological polar surface area (TPSA) is 72.8 Å². The van der Waals surface area contributed by atoms with Gasteiger partial charge in [0, 0.05) is 23.5 Å². The van der Waals surface area contributed by atoms with Crippen molar-refractivity contribution in [3.63, 3.8) is 0 Å². The molecule has 6 nitrogen and oxygen atoms in total. The maximum atomic E-state index is 13.4. The number of ether oxygens (including phenoxy) is 1. The molecule has 0 unspecified atom stereocenters. The van der Waals surface area contributed by atoms with Crippen LogP contribution in [0.1, 0.15) is 10.4 Å². The van der Waals surface area contributed by atoms with Crippen molar-refractivity contribution >= 4 is 28.4 Å². The number of carbonyl (C=O) groups excluding carboxylic acids is 1. The summed E-state index contributed by atoms with van der Waals surface area (Å²) >= 11 is 1.39. The van der Waals surface area contributed by atoms with Crippen LogP contribution in [0.4, 0.5) is 0 Å². The highest BCUT2D eigenvalue weighted by molar-refractivity contribution is 7.99. The predicted octanol–water partition coefficient (Wildman–Crippen LogP) is 5.61. The summed E-state index contributed by atoms with van der Waals surface area (Å²) in [5, 5.41) is 10.3. The molecule has 0 aliphatic heterocycles. The van der Waals surface area contributed by atoms with E-state index < -0.39 is 0 Å². The van der Waals surface area contributed by atoms with E-state index >= 15 is 0 Å². The highest BCUT2D eigenvalue weighted by atomic mass is 32.2. The summed E-state index contributed by atoms with van der Waals surface area (Å²) in [6.07, 6.45) is 0. The first-order valence-electron chi connectivity index (χ1n) is 10.5. The van der Waals surface area contributed by atoms with Crippen LogP contribution < -0.4 is 4.74 Å². The monoisotopic (exact) mass is 454 g/mol. The van der Waals surface area contributed by atoms with Crippen LogP contribution in [0, 0.1) is 0 Å². The number of para-hydroxylation sites is 1. The summed E-state index contributed by atoms with van der Waals surface area (Å²) in [6, 6.07) is 25.5. The van der Waals surface area contributed by atoms with Crippen LogP contribution in [0.2, 0.25) is 0 Å². The van der Waals surface area contributed by atoms with Gasteiger partial charge in [-0.1, -0.05) is 60.3 Å². The Morgan fingerprint density at radius 3 is 2.42 bits per heavy atom. The van der Waals surface area contributed by atoms with Crippen LogP contribution in [0.5, 0.6) is 5.75 Å². The normalized spacial score (nSPS) is 11.1. The lowest BCUT2D eigenvalue weighted by molar-refractivity contribution is 0.102. The number of thioether (sulfide) groups is 1. The molecule has 0 aliphatic carbocycles. The van der Waals surface area contributed by atoms with E-state index in [4.69, 9.17) is 4.74 Å². The number of carbonyl (C=O) groups is 1. The fraction of sp³-hybridized carbons (Fsp3) is 0.115. The average Bonchev–Trinajstić information content (AvgIpc) is 3.44. The third kappa shape index (κ3) is 4.03. The second-order valence-corrected chi connectivity index (χ2v) is 8.53. The summed E-state index contributed by atoms with van der Waals surface area (Å²) in [4.78, 5) is 16.9. The van der Waals surface area contributed by atoms with Gasteiger partial charge in [-0.15, -0.1) is 10.2 Å². The Labute approximate surface area is 195 Å². The number of hydrogen-bond acceptors (Lipinski definition) is 5. The van der Waals surface area contributed by atoms with Crippen molar-refractivity contribution in [2.24, 2.45) is 7.05 Å². The van der Waals surface area contributed by atoms with E-state index in [1.54, 1.807) is 7.11 Å². The quantitative estimate of drug-likeness (QED) is 0.255. The van der Waals surface area contributed by atoms with Gasteiger partial charge in [-0.2, -0.15) is 0 Å². The van der Waals surface area contributed by atoms with Gasteiger partial charge in [0.1, 0.15) is 5.75 Å². The van der Waals surface area contributed by atoms with Crippen molar-refractivity contribution in [1.82, 2.24) is 19.7 Å². The zero-order valence-electron chi connectivity index (χ0n) is 18.3. The third-order valence-electron chi connectivity index (χ3n) is 5.56. The number of aromatic amines is 1. The molecular formula is C26H22N4O2S. The first-order valence-corrected chi connectivity index (χ1v) is 11.5. The molecule has 0 aliphatic rings. The van der Waals surface area contributed by atoms with Crippen molar-refractivity contribution < 1.29 is 9.53 Å². The van der Waals surface area contributed by atoms with Gasteiger partial charge in [0.15, 0.2) is 16.8 Å². The highest BCUT2D eigenvalue weighted by Crippen LogP contribution is 2.32. The number of H-pyrrole nitrogens is 1. The minimum absolute atomic E-state index is 0.0466. The zero-order chi connectivity index (χ0) is 22.8. The Bertz CT molecular complexity index is 1420. The molecule has 0 amide bonds. The fourth-order valence-corrected chi connectivity index (χ4v) is 4.67. The minimum Gasteiger partial charge on any atom is -0.497 e. The van der Waals surface area contributed by atoms with Crippen LogP contribution in [-0.4, -0.2) is 38.4 Å². The molecule has 0 radical (unpaired) electrons. The molecule has 0 saturated carbocycles. The molecule has 7 heteroatoms. The molecule has 164 valence electrons. The van der Waals surface area contributed by atoms with Gasteiger partial charge in [0.25, 0.3) is 0 Å². The Hall–Kier alpha value is -3.84. The molecule has 2 aromatic heterocycles. The van der Waals surface area contributed by atoms with Gasteiger partial charge in [-0.05, 0) is 35.9 Å². The molecule has 5 rings (SSSR count). The van der Waals surface area contributed by atoms with E-state index in [0.717, 1.165) is 39.3 Å². The van der Waals surface area contributed by atoms with Crippen LogP contribution in [0.3, 0.4) is 0 Å². The summed E-state index contributed by atoms with van der Waals surface area (Å²) in [6.45, 7) is 0. The van der Waals surface area contributed by atoms with Gasteiger partial charge in [-0.25, -0.2) is 0 Å². The number of nitrogens with zero attached hydrogens (tertiary/aromatic N) is 3. The summed E-state index contributed by atoms with van der Waals surface area (Å²) in [5.74, 6) is 1.83. The Balaban J connectivity index is 1.42. The number of hydrogen-bond donors (Lipinski definition) is 1. The molecule has 3 aromatic carbocycles. The molecule has 1 N–H and O–H groups in total. The molecule has 0 spiro atoms. The van der Waals surface area contributed by atoms with Crippen molar-refractivity contribution in [1.29, 1.82) is 0 Å². The van der Waals surface area contributed by atoms with Gasteiger partial charge in [0.2, 0.25) is 0 Å². The molecule has 0 bridgehead atoms. The van der Waals surface area contributed by atoms with Crippen molar-refractivity contribution in [3.8, 4) is 28.4 Å². The highest BCUT2D eigenvalue weighted by Gasteiger charge is 2.21. The largest absolute Gasteiger partial charge is 0.497 e. The molecule has 0 fully saturated rings. The Morgan fingerprint density at radius 1 is 0.939 bits per heavy atom. The molecule has 0 saturated heterocycles. The zero-order valence-corrected chi connectivity index (χ0v) is 19.1. The molecule has 2 heterocycles. The summed E-state index contributed by atoms with van der Waals surface area (Å²) < 4.78 is 7.14. The average molecular weight is 455 g/mol. The lowest BCUT2D eigenvalue weighted by Crippen LogP contribution is -2.05. The Morgan fingerprint density at radius 2 is 1.67 bits per heavy atom. The van der Waals surface area contributed by atoms with Gasteiger partial charge >= 0.3 is 0 Å². The standard InChI is InChI=1S/C26H22N4O2S/c1-30-25(18-12-14-19(32-2)15-13-18)28-29-26(30)33-16-22(31)23-20-10-6-7-11-21(20)27-24(23)17-8-4-3-5-9-17/h3-15,27H,16H2,1-2H3.